The van der Waals surface area contributed by atoms with E-state index in [1.807, 2.05) is 0 Å². The summed E-state index contributed by atoms with van der Waals surface area (Å²) in [6.07, 6.45) is -7.83. The van der Waals surface area contributed by atoms with E-state index < -0.39 is 35.7 Å². The molecule has 0 fully saturated rings. The highest BCUT2D eigenvalue weighted by molar-refractivity contribution is 5.63. The maximum atomic E-state index is 12.1. The van der Waals surface area contributed by atoms with Crippen LogP contribution >= 0.6 is 0 Å². The summed E-state index contributed by atoms with van der Waals surface area (Å²) in [6.45, 7) is 0. The van der Waals surface area contributed by atoms with Gasteiger partial charge < -0.3 is 15.6 Å². The molecular formula is C7H5F5N2O2. The molecule has 3 N–H and O–H groups in total. The lowest BCUT2D eigenvalue weighted by Crippen LogP contribution is -2.18. The van der Waals surface area contributed by atoms with Gasteiger partial charge in [0, 0.05) is 0 Å². The van der Waals surface area contributed by atoms with Gasteiger partial charge >= 0.3 is 6.36 Å². The Labute approximate surface area is 85.5 Å². The molecule has 0 aliphatic carbocycles. The van der Waals surface area contributed by atoms with Crippen molar-refractivity contribution in [3.8, 4) is 11.5 Å². The standard InChI is InChI=1S/C7H5F5N2O2/c8-6(9)4-5(15)3(13)2(1-14-4)16-7(10,11)12/h1,6,15H,(H2,13,14). The van der Waals surface area contributed by atoms with Crippen LogP contribution in [-0.4, -0.2) is 16.5 Å². The smallest absolute Gasteiger partial charge is 0.504 e. The van der Waals surface area contributed by atoms with E-state index in [0.717, 1.165) is 0 Å². The molecule has 16 heavy (non-hydrogen) atoms. The highest BCUT2D eigenvalue weighted by Crippen LogP contribution is 2.38. The van der Waals surface area contributed by atoms with E-state index in [1.165, 1.54) is 0 Å². The minimum Gasteiger partial charge on any atom is -0.504 e. The molecule has 0 radical (unpaired) electrons. The molecule has 1 aromatic rings. The molecular weight excluding hydrogens is 239 g/mol. The van der Waals surface area contributed by atoms with E-state index in [9.17, 15) is 22.0 Å². The summed E-state index contributed by atoms with van der Waals surface area (Å²) in [6, 6.07) is 0. The predicted octanol–water partition coefficient (Wildman–Crippen LogP) is 2.21. The van der Waals surface area contributed by atoms with Crippen molar-refractivity contribution in [2.24, 2.45) is 0 Å². The average molecular weight is 244 g/mol. The molecule has 0 spiro atoms. The SMILES string of the molecule is Nc1c(OC(F)(F)F)cnc(C(F)F)c1O. The fourth-order valence-corrected chi connectivity index (χ4v) is 0.879. The molecule has 4 nitrogen and oxygen atoms in total. The zero-order valence-corrected chi connectivity index (χ0v) is 7.42. The Balaban J connectivity index is 3.12. The van der Waals surface area contributed by atoms with Gasteiger partial charge in [-0.25, -0.2) is 13.8 Å². The molecule has 1 rings (SSSR count). The summed E-state index contributed by atoms with van der Waals surface area (Å²) in [7, 11) is 0. The van der Waals surface area contributed by atoms with Crippen LogP contribution in [0.4, 0.5) is 27.6 Å². The maximum Gasteiger partial charge on any atom is 0.573 e. The third-order valence-electron chi connectivity index (χ3n) is 1.52. The molecule has 0 aliphatic rings. The first kappa shape index (κ1) is 12.3. The van der Waals surface area contributed by atoms with Gasteiger partial charge in [-0.1, -0.05) is 0 Å². The highest BCUT2D eigenvalue weighted by Gasteiger charge is 2.33. The van der Waals surface area contributed by atoms with Gasteiger partial charge in [-0.05, 0) is 0 Å². The fourth-order valence-electron chi connectivity index (χ4n) is 0.879. The Morgan fingerprint density at radius 3 is 2.38 bits per heavy atom. The number of pyridine rings is 1. The quantitative estimate of drug-likeness (QED) is 0.782. The van der Waals surface area contributed by atoms with E-state index in [0.29, 0.717) is 6.20 Å². The minimum absolute atomic E-state index is 0.365. The van der Waals surface area contributed by atoms with Crippen LogP contribution in [-0.2, 0) is 0 Å². The second-order valence-electron chi connectivity index (χ2n) is 2.62. The number of aromatic hydroxyl groups is 1. The Bertz CT molecular complexity index is 393. The van der Waals surface area contributed by atoms with Crippen molar-refractivity contribution in [3.05, 3.63) is 11.9 Å². The molecule has 90 valence electrons. The number of halogens is 5. The topological polar surface area (TPSA) is 68.4 Å². The van der Waals surface area contributed by atoms with E-state index in [-0.39, 0.29) is 0 Å². The molecule has 0 saturated carbocycles. The van der Waals surface area contributed by atoms with Crippen molar-refractivity contribution in [2.45, 2.75) is 12.8 Å². The van der Waals surface area contributed by atoms with Crippen LogP contribution in [0.15, 0.2) is 6.20 Å². The minimum atomic E-state index is -5.05. The molecule has 0 aromatic carbocycles. The van der Waals surface area contributed by atoms with Gasteiger partial charge in [0.2, 0.25) is 0 Å². The highest BCUT2D eigenvalue weighted by atomic mass is 19.4. The summed E-state index contributed by atoms with van der Waals surface area (Å²) < 4.78 is 63.0. The Morgan fingerprint density at radius 2 is 1.94 bits per heavy atom. The Morgan fingerprint density at radius 1 is 1.38 bits per heavy atom. The summed E-state index contributed by atoms with van der Waals surface area (Å²) in [5.41, 5.74) is 2.93. The number of nitrogens with two attached hydrogens (primary N) is 1. The van der Waals surface area contributed by atoms with Crippen molar-refractivity contribution in [1.82, 2.24) is 4.98 Å². The number of nitrogen functional groups attached to an aromatic ring is 1. The lowest BCUT2D eigenvalue weighted by Gasteiger charge is -2.12. The first-order chi connectivity index (χ1) is 7.22. The molecule has 0 amide bonds. The third-order valence-corrected chi connectivity index (χ3v) is 1.52. The van der Waals surface area contributed by atoms with E-state index in [2.05, 4.69) is 9.72 Å². The van der Waals surface area contributed by atoms with E-state index in [1.54, 1.807) is 0 Å². The second kappa shape index (κ2) is 3.99. The molecule has 0 aliphatic heterocycles. The van der Waals surface area contributed by atoms with Crippen molar-refractivity contribution in [1.29, 1.82) is 0 Å². The van der Waals surface area contributed by atoms with Crippen LogP contribution in [0.25, 0.3) is 0 Å². The van der Waals surface area contributed by atoms with Gasteiger partial charge in [0.25, 0.3) is 6.43 Å². The lowest BCUT2D eigenvalue weighted by atomic mass is 10.3. The largest absolute Gasteiger partial charge is 0.573 e. The zero-order valence-electron chi connectivity index (χ0n) is 7.42. The third kappa shape index (κ3) is 2.61. The molecule has 0 bridgehead atoms. The molecule has 9 heteroatoms. The van der Waals surface area contributed by atoms with Gasteiger partial charge in [0.15, 0.2) is 17.2 Å². The van der Waals surface area contributed by atoms with Crippen molar-refractivity contribution < 1.29 is 31.8 Å². The number of hydrogen-bond acceptors (Lipinski definition) is 4. The fraction of sp³-hybridized carbons (Fsp3) is 0.286. The molecule has 0 saturated heterocycles. The van der Waals surface area contributed by atoms with Gasteiger partial charge in [0.05, 0.1) is 6.20 Å². The number of hydrogen-bond donors (Lipinski definition) is 2. The van der Waals surface area contributed by atoms with Crippen molar-refractivity contribution in [3.63, 3.8) is 0 Å². The molecule has 1 heterocycles. The van der Waals surface area contributed by atoms with Gasteiger partial charge in [-0.15, -0.1) is 13.2 Å². The van der Waals surface area contributed by atoms with Crippen LogP contribution in [0, 0.1) is 0 Å². The van der Waals surface area contributed by atoms with Crippen LogP contribution < -0.4 is 10.5 Å². The maximum absolute atomic E-state index is 12.1. The van der Waals surface area contributed by atoms with Gasteiger partial charge in [0.1, 0.15) is 5.69 Å². The summed E-state index contributed by atoms with van der Waals surface area (Å²) >= 11 is 0. The van der Waals surface area contributed by atoms with Crippen LogP contribution in [0.2, 0.25) is 0 Å². The molecule has 0 atom stereocenters. The monoisotopic (exact) mass is 244 g/mol. The predicted molar refractivity (Wildman–Crippen MR) is 42.0 cm³/mol. The lowest BCUT2D eigenvalue weighted by molar-refractivity contribution is -0.274. The number of alkyl halides is 5. The summed E-state index contributed by atoms with van der Waals surface area (Å²) in [4.78, 5) is 2.92. The van der Waals surface area contributed by atoms with Crippen molar-refractivity contribution >= 4 is 5.69 Å². The summed E-state index contributed by atoms with van der Waals surface area (Å²) in [5, 5.41) is 9.03. The first-order valence-corrected chi connectivity index (χ1v) is 3.73. The normalized spacial score (nSPS) is 11.9. The van der Waals surface area contributed by atoms with Crippen LogP contribution in [0.5, 0.6) is 11.5 Å². The van der Waals surface area contributed by atoms with Gasteiger partial charge in [-0.2, -0.15) is 0 Å². The molecule has 1 aromatic heterocycles. The number of aromatic nitrogens is 1. The average Bonchev–Trinajstić information content (AvgIpc) is 2.10. The second-order valence-corrected chi connectivity index (χ2v) is 2.62. The van der Waals surface area contributed by atoms with Crippen molar-refractivity contribution in [2.75, 3.05) is 5.73 Å². The Kier molecular flexibility index (Phi) is 3.06. The number of anilines is 1. The number of rotatable bonds is 2. The van der Waals surface area contributed by atoms with Crippen LogP contribution in [0.3, 0.4) is 0 Å². The van der Waals surface area contributed by atoms with Gasteiger partial charge in [-0.3, -0.25) is 0 Å². The number of ether oxygens (including phenoxy) is 1. The van der Waals surface area contributed by atoms with E-state index in [4.69, 9.17) is 10.8 Å². The van der Waals surface area contributed by atoms with Crippen LogP contribution in [0.1, 0.15) is 12.1 Å². The van der Waals surface area contributed by atoms with E-state index >= 15 is 0 Å². The first-order valence-electron chi connectivity index (χ1n) is 3.73. The molecule has 0 unspecified atom stereocenters. The number of nitrogens with zero attached hydrogens (tertiary/aromatic N) is 1. The Hall–Kier alpha value is -1.80. The zero-order chi connectivity index (χ0) is 12.5. The summed E-state index contributed by atoms with van der Waals surface area (Å²) in [5.74, 6) is -2.26.